The first kappa shape index (κ1) is 16.4. The summed E-state index contributed by atoms with van der Waals surface area (Å²) in [6.07, 6.45) is 2.92. The van der Waals surface area contributed by atoms with Gasteiger partial charge in [0.05, 0.1) is 6.20 Å². The van der Waals surface area contributed by atoms with Gasteiger partial charge in [0.25, 0.3) is 10.0 Å². The molecule has 130 valence electrons. The molecule has 3 aromatic rings. The van der Waals surface area contributed by atoms with Gasteiger partial charge in [-0.05, 0) is 30.4 Å². The monoisotopic (exact) mass is 375 g/mol. The van der Waals surface area contributed by atoms with E-state index in [4.69, 9.17) is 4.74 Å². The number of aromatic nitrogens is 2. The van der Waals surface area contributed by atoms with Gasteiger partial charge in [0.1, 0.15) is 10.3 Å². The second-order valence-electron chi connectivity index (χ2n) is 5.89. The van der Waals surface area contributed by atoms with E-state index in [-0.39, 0.29) is 6.10 Å². The van der Waals surface area contributed by atoms with Crippen molar-refractivity contribution in [3.05, 3.63) is 48.0 Å². The maximum atomic E-state index is 12.6. The van der Waals surface area contributed by atoms with Crippen molar-refractivity contribution >= 4 is 32.1 Å². The quantitative estimate of drug-likeness (QED) is 0.701. The topological polar surface area (TPSA) is 72.4 Å². The molecule has 0 radical (unpaired) electrons. The lowest BCUT2D eigenvalue weighted by Gasteiger charge is -2.30. The number of rotatable bonds is 4. The average molecular weight is 375 g/mol. The van der Waals surface area contributed by atoms with E-state index >= 15 is 0 Å². The van der Waals surface area contributed by atoms with Gasteiger partial charge in [-0.2, -0.15) is 9.40 Å². The summed E-state index contributed by atoms with van der Waals surface area (Å²) < 4.78 is 33.1. The lowest BCUT2D eigenvalue weighted by molar-refractivity contribution is 0.130. The highest BCUT2D eigenvalue weighted by molar-refractivity contribution is 7.91. The van der Waals surface area contributed by atoms with Crippen LogP contribution in [0.15, 0.2) is 52.2 Å². The van der Waals surface area contributed by atoms with Gasteiger partial charge in [0.15, 0.2) is 0 Å². The standard InChI is InChI=1S/C17H17N3O3S2/c21-25(22,16-6-3-11-24-16)20-9-7-14(8-10-20)23-17-15-5-2-1-4-13(15)12-18-19-17/h1-6,11-12,14H,7-10H2. The Morgan fingerprint density at radius 3 is 2.68 bits per heavy atom. The maximum Gasteiger partial charge on any atom is 0.252 e. The van der Waals surface area contributed by atoms with Crippen LogP contribution in [-0.4, -0.2) is 42.1 Å². The van der Waals surface area contributed by atoms with Gasteiger partial charge in [0, 0.05) is 23.9 Å². The van der Waals surface area contributed by atoms with Crippen LogP contribution in [0.2, 0.25) is 0 Å². The Labute approximate surface area is 150 Å². The molecule has 1 fully saturated rings. The summed E-state index contributed by atoms with van der Waals surface area (Å²) in [6, 6.07) is 11.2. The van der Waals surface area contributed by atoms with Crippen LogP contribution in [0.4, 0.5) is 0 Å². The number of thiophene rings is 1. The van der Waals surface area contributed by atoms with E-state index in [9.17, 15) is 8.42 Å². The van der Waals surface area contributed by atoms with Crippen molar-refractivity contribution in [3.8, 4) is 5.88 Å². The number of hydrogen-bond donors (Lipinski definition) is 0. The third-order valence-electron chi connectivity index (χ3n) is 4.31. The highest BCUT2D eigenvalue weighted by Crippen LogP contribution is 2.27. The molecule has 8 heteroatoms. The predicted octanol–water partition coefficient (Wildman–Crippen LogP) is 2.92. The van der Waals surface area contributed by atoms with Crippen molar-refractivity contribution in [2.75, 3.05) is 13.1 Å². The molecule has 6 nitrogen and oxygen atoms in total. The second-order valence-corrected chi connectivity index (χ2v) is 9.00. The van der Waals surface area contributed by atoms with Gasteiger partial charge in [-0.3, -0.25) is 0 Å². The fourth-order valence-electron chi connectivity index (χ4n) is 2.97. The molecule has 25 heavy (non-hydrogen) atoms. The summed E-state index contributed by atoms with van der Waals surface area (Å²) in [5.41, 5.74) is 0. The number of ether oxygens (including phenoxy) is 1. The van der Waals surface area contributed by atoms with Crippen molar-refractivity contribution in [2.24, 2.45) is 0 Å². The SMILES string of the molecule is O=S(=O)(c1cccs1)N1CCC(Oc2nncc3ccccc23)CC1. The van der Waals surface area contributed by atoms with E-state index in [1.54, 1.807) is 23.7 Å². The van der Waals surface area contributed by atoms with Crippen LogP contribution in [0.5, 0.6) is 5.88 Å². The van der Waals surface area contributed by atoms with Crippen LogP contribution in [0.1, 0.15) is 12.8 Å². The number of piperidine rings is 1. The first-order chi connectivity index (χ1) is 12.1. The fraction of sp³-hybridized carbons (Fsp3) is 0.294. The molecule has 0 atom stereocenters. The normalized spacial score (nSPS) is 17.0. The van der Waals surface area contributed by atoms with Crippen LogP contribution in [0.25, 0.3) is 10.8 Å². The first-order valence-corrected chi connectivity index (χ1v) is 10.4. The number of sulfonamides is 1. The van der Waals surface area contributed by atoms with E-state index in [1.807, 2.05) is 24.3 Å². The van der Waals surface area contributed by atoms with Crippen molar-refractivity contribution < 1.29 is 13.2 Å². The zero-order valence-electron chi connectivity index (χ0n) is 13.4. The molecule has 0 N–H and O–H groups in total. The largest absolute Gasteiger partial charge is 0.473 e. The van der Waals surface area contributed by atoms with Crippen LogP contribution >= 0.6 is 11.3 Å². The molecule has 0 unspecified atom stereocenters. The fourth-order valence-corrected chi connectivity index (χ4v) is 5.59. The minimum atomic E-state index is -3.38. The van der Waals surface area contributed by atoms with Crippen LogP contribution in [0, 0.1) is 0 Å². The zero-order valence-corrected chi connectivity index (χ0v) is 15.0. The molecule has 4 rings (SSSR count). The van der Waals surface area contributed by atoms with E-state index in [0.29, 0.717) is 36.0 Å². The van der Waals surface area contributed by atoms with Crippen LogP contribution in [0.3, 0.4) is 0 Å². The lowest BCUT2D eigenvalue weighted by atomic mass is 10.1. The van der Waals surface area contributed by atoms with Gasteiger partial charge in [-0.25, -0.2) is 8.42 Å². The molecule has 1 saturated heterocycles. The summed E-state index contributed by atoms with van der Waals surface area (Å²) in [5.74, 6) is 0.512. The third kappa shape index (κ3) is 3.24. The molecule has 1 aromatic carbocycles. The molecule has 3 heterocycles. The summed E-state index contributed by atoms with van der Waals surface area (Å²) in [5, 5.41) is 11.8. The van der Waals surface area contributed by atoms with Gasteiger partial charge in [0.2, 0.25) is 5.88 Å². The number of benzene rings is 1. The molecule has 1 aliphatic heterocycles. The number of fused-ring (bicyclic) bond motifs is 1. The molecular formula is C17H17N3O3S2. The number of hydrogen-bond acceptors (Lipinski definition) is 6. The Morgan fingerprint density at radius 2 is 1.92 bits per heavy atom. The first-order valence-electron chi connectivity index (χ1n) is 8.05. The summed E-state index contributed by atoms with van der Waals surface area (Å²) >= 11 is 1.25. The Kier molecular flexibility index (Phi) is 4.41. The van der Waals surface area contributed by atoms with Crippen LogP contribution < -0.4 is 4.74 Å². The number of nitrogens with zero attached hydrogens (tertiary/aromatic N) is 3. The van der Waals surface area contributed by atoms with Crippen molar-refractivity contribution in [3.63, 3.8) is 0 Å². The molecular weight excluding hydrogens is 358 g/mol. The second kappa shape index (κ2) is 6.70. The Hall–Kier alpha value is -2.03. The third-order valence-corrected chi connectivity index (χ3v) is 7.58. The highest BCUT2D eigenvalue weighted by atomic mass is 32.2. The highest BCUT2D eigenvalue weighted by Gasteiger charge is 2.31. The van der Waals surface area contributed by atoms with Crippen LogP contribution in [-0.2, 0) is 10.0 Å². The predicted molar refractivity (Wildman–Crippen MR) is 96.3 cm³/mol. The van der Waals surface area contributed by atoms with Crippen molar-refractivity contribution in [1.29, 1.82) is 0 Å². The minimum Gasteiger partial charge on any atom is -0.473 e. The molecule has 0 saturated carbocycles. The average Bonchev–Trinajstić information content (AvgIpc) is 3.18. The van der Waals surface area contributed by atoms with Crippen molar-refractivity contribution in [2.45, 2.75) is 23.2 Å². The Balaban J connectivity index is 1.46. The van der Waals surface area contributed by atoms with Gasteiger partial charge >= 0.3 is 0 Å². The Morgan fingerprint density at radius 1 is 1.12 bits per heavy atom. The molecule has 1 aliphatic rings. The molecule has 2 aromatic heterocycles. The minimum absolute atomic E-state index is 0.0603. The maximum absolute atomic E-state index is 12.6. The van der Waals surface area contributed by atoms with Gasteiger partial charge in [-0.1, -0.05) is 24.3 Å². The smallest absolute Gasteiger partial charge is 0.252 e. The van der Waals surface area contributed by atoms with Crippen molar-refractivity contribution in [1.82, 2.24) is 14.5 Å². The zero-order chi connectivity index (χ0) is 17.3. The Bertz CT molecular complexity index is 960. The molecule has 0 aliphatic carbocycles. The molecule has 0 bridgehead atoms. The summed E-state index contributed by atoms with van der Waals surface area (Å²) in [7, 11) is -3.38. The van der Waals surface area contributed by atoms with Gasteiger partial charge in [-0.15, -0.1) is 16.4 Å². The van der Waals surface area contributed by atoms with E-state index in [0.717, 1.165) is 10.8 Å². The lowest BCUT2D eigenvalue weighted by Crippen LogP contribution is -2.41. The molecule has 0 amide bonds. The summed E-state index contributed by atoms with van der Waals surface area (Å²) in [4.78, 5) is 0. The molecule has 0 spiro atoms. The van der Waals surface area contributed by atoms with Gasteiger partial charge < -0.3 is 4.74 Å². The summed E-state index contributed by atoms with van der Waals surface area (Å²) in [6.45, 7) is 0.895. The van der Waals surface area contributed by atoms with E-state index in [2.05, 4.69) is 10.2 Å². The van der Waals surface area contributed by atoms with E-state index < -0.39 is 10.0 Å². The van der Waals surface area contributed by atoms with E-state index in [1.165, 1.54) is 15.6 Å².